The van der Waals surface area contributed by atoms with Gasteiger partial charge in [0, 0.05) is 23.2 Å². The van der Waals surface area contributed by atoms with Crippen molar-refractivity contribution in [3.63, 3.8) is 0 Å². The van der Waals surface area contributed by atoms with E-state index in [0.717, 1.165) is 5.69 Å². The molecule has 0 amide bonds. The summed E-state index contributed by atoms with van der Waals surface area (Å²) in [5, 5.41) is 4.57. The Hall–Kier alpha value is -0.830. The third-order valence-electron chi connectivity index (χ3n) is 2.48. The molecule has 0 radical (unpaired) electrons. The Morgan fingerprint density at radius 1 is 1.27 bits per heavy atom. The lowest BCUT2D eigenvalue weighted by atomic mass is 9.91. The maximum Gasteiger partial charge on any atom is 0.0792 e. The van der Waals surface area contributed by atoms with Crippen LogP contribution < -0.4 is 5.73 Å². The van der Waals surface area contributed by atoms with Gasteiger partial charge in [-0.25, -0.2) is 0 Å². The van der Waals surface area contributed by atoms with Crippen molar-refractivity contribution in [3.05, 3.63) is 17.5 Å². The molecule has 86 valence electrons. The van der Waals surface area contributed by atoms with Crippen molar-refractivity contribution in [1.82, 2.24) is 9.78 Å². The molecule has 1 unspecified atom stereocenters. The first-order chi connectivity index (χ1) is 6.73. The van der Waals surface area contributed by atoms with Gasteiger partial charge in [-0.3, -0.25) is 4.68 Å². The summed E-state index contributed by atoms with van der Waals surface area (Å²) in [6.07, 6.45) is 0. The van der Waals surface area contributed by atoms with Gasteiger partial charge in [-0.2, -0.15) is 5.10 Å². The van der Waals surface area contributed by atoms with Crippen LogP contribution in [0.5, 0.6) is 0 Å². The van der Waals surface area contributed by atoms with Crippen LogP contribution >= 0.6 is 0 Å². The van der Waals surface area contributed by atoms with E-state index in [1.54, 1.807) is 0 Å². The van der Waals surface area contributed by atoms with Gasteiger partial charge in [-0.05, 0) is 26.8 Å². The molecule has 2 N–H and O–H groups in total. The largest absolute Gasteiger partial charge is 0.323 e. The molecule has 3 nitrogen and oxygen atoms in total. The van der Waals surface area contributed by atoms with E-state index in [1.165, 1.54) is 5.69 Å². The summed E-state index contributed by atoms with van der Waals surface area (Å²) in [5.41, 5.74) is 8.21. The van der Waals surface area contributed by atoms with Crippen LogP contribution in [0.2, 0.25) is 0 Å². The van der Waals surface area contributed by atoms with Gasteiger partial charge in [-0.15, -0.1) is 0 Å². The third-order valence-corrected chi connectivity index (χ3v) is 2.48. The predicted molar refractivity (Wildman–Crippen MR) is 63.9 cm³/mol. The van der Waals surface area contributed by atoms with Gasteiger partial charge in [-0.1, -0.05) is 20.8 Å². The van der Waals surface area contributed by atoms with Crippen LogP contribution in [0.4, 0.5) is 0 Å². The fraction of sp³-hybridized carbons (Fsp3) is 0.750. The third kappa shape index (κ3) is 2.59. The molecule has 1 atom stereocenters. The van der Waals surface area contributed by atoms with E-state index in [4.69, 9.17) is 5.73 Å². The lowest BCUT2D eigenvalue weighted by molar-refractivity contribution is 0.443. The Bertz CT molecular complexity index is 329. The Balaban J connectivity index is 3.24. The maximum absolute atomic E-state index is 5.86. The Morgan fingerprint density at radius 3 is 2.07 bits per heavy atom. The van der Waals surface area contributed by atoms with Crippen molar-refractivity contribution in [2.75, 3.05) is 0 Å². The monoisotopic (exact) mass is 209 g/mol. The van der Waals surface area contributed by atoms with Crippen molar-refractivity contribution >= 4 is 0 Å². The normalized spacial score (nSPS) is 14.7. The van der Waals surface area contributed by atoms with Crippen molar-refractivity contribution in [1.29, 1.82) is 0 Å². The van der Waals surface area contributed by atoms with Crippen molar-refractivity contribution in [3.8, 4) is 0 Å². The molecule has 0 saturated heterocycles. The van der Waals surface area contributed by atoms with Gasteiger partial charge >= 0.3 is 0 Å². The van der Waals surface area contributed by atoms with Gasteiger partial charge in [0.2, 0.25) is 0 Å². The molecule has 1 aromatic rings. The molecule has 1 heterocycles. The quantitative estimate of drug-likeness (QED) is 0.814. The van der Waals surface area contributed by atoms with Crippen LogP contribution in [0.3, 0.4) is 0 Å². The fourth-order valence-electron chi connectivity index (χ4n) is 1.59. The summed E-state index contributed by atoms with van der Waals surface area (Å²) in [6, 6.07) is 2.52. The SMILES string of the molecule is CC(N)c1cc(C(C)(C)C)n(C(C)C)n1. The van der Waals surface area contributed by atoms with E-state index >= 15 is 0 Å². The molecule has 15 heavy (non-hydrogen) atoms. The van der Waals surface area contributed by atoms with E-state index in [9.17, 15) is 0 Å². The van der Waals surface area contributed by atoms with E-state index in [0.29, 0.717) is 6.04 Å². The number of nitrogens with zero attached hydrogens (tertiary/aromatic N) is 2. The molecule has 0 fully saturated rings. The first-order valence-electron chi connectivity index (χ1n) is 5.59. The fourth-order valence-corrected chi connectivity index (χ4v) is 1.59. The van der Waals surface area contributed by atoms with Crippen LogP contribution in [0.25, 0.3) is 0 Å². The second kappa shape index (κ2) is 3.97. The molecule has 0 aliphatic rings. The highest BCUT2D eigenvalue weighted by atomic mass is 15.3. The molecule has 0 bridgehead atoms. The van der Waals surface area contributed by atoms with E-state index in [1.807, 2.05) is 6.92 Å². The minimum absolute atomic E-state index is 0.00565. The number of hydrogen-bond donors (Lipinski definition) is 1. The number of nitrogens with two attached hydrogens (primary N) is 1. The second-order valence-electron chi connectivity index (χ2n) is 5.53. The van der Waals surface area contributed by atoms with Gasteiger partial charge in [0.15, 0.2) is 0 Å². The molecule has 1 aromatic heterocycles. The minimum atomic E-state index is 0.00565. The average Bonchev–Trinajstić information content (AvgIpc) is 2.45. The van der Waals surface area contributed by atoms with Gasteiger partial charge in [0.1, 0.15) is 0 Å². The number of rotatable bonds is 2. The van der Waals surface area contributed by atoms with Crippen LogP contribution in [0.1, 0.15) is 65.0 Å². The molecule has 0 aromatic carbocycles. The Morgan fingerprint density at radius 2 is 1.80 bits per heavy atom. The molecule has 1 rings (SSSR count). The zero-order valence-corrected chi connectivity index (χ0v) is 10.7. The molecule has 0 saturated carbocycles. The molecular formula is C12H23N3. The first-order valence-corrected chi connectivity index (χ1v) is 5.59. The predicted octanol–water partition coefficient (Wildman–Crippen LogP) is 2.78. The smallest absolute Gasteiger partial charge is 0.0792 e. The summed E-state index contributed by atoms with van der Waals surface area (Å²) in [4.78, 5) is 0. The van der Waals surface area contributed by atoms with Crippen LogP contribution in [0, 0.1) is 0 Å². The lowest BCUT2D eigenvalue weighted by Gasteiger charge is -2.22. The molecule has 3 heteroatoms. The van der Waals surface area contributed by atoms with E-state index in [-0.39, 0.29) is 11.5 Å². The highest BCUT2D eigenvalue weighted by Gasteiger charge is 2.22. The van der Waals surface area contributed by atoms with E-state index < -0.39 is 0 Å². The zero-order valence-electron chi connectivity index (χ0n) is 10.7. The average molecular weight is 209 g/mol. The van der Waals surface area contributed by atoms with Crippen LogP contribution in [-0.2, 0) is 5.41 Å². The first kappa shape index (κ1) is 12.2. The topological polar surface area (TPSA) is 43.8 Å². The Kier molecular flexibility index (Phi) is 3.24. The summed E-state index contributed by atoms with van der Waals surface area (Å²) >= 11 is 0. The minimum Gasteiger partial charge on any atom is -0.323 e. The standard InChI is InChI=1S/C12H23N3/c1-8(2)15-11(12(4,5)6)7-10(14-15)9(3)13/h7-9H,13H2,1-6H3. The summed E-state index contributed by atoms with van der Waals surface area (Å²) in [5.74, 6) is 0. The molecule has 0 spiro atoms. The summed E-state index contributed by atoms with van der Waals surface area (Å²) < 4.78 is 2.08. The summed E-state index contributed by atoms with van der Waals surface area (Å²) in [7, 11) is 0. The van der Waals surface area contributed by atoms with Gasteiger partial charge in [0.25, 0.3) is 0 Å². The van der Waals surface area contributed by atoms with E-state index in [2.05, 4.69) is 50.5 Å². The van der Waals surface area contributed by atoms with Crippen LogP contribution in [0.15, 0.2) is 6.07 Å². The van der Waals surface area contributed by atoms with Crippen molar-refractivity contribution in [2.45, 2.75) is 59.0 Å². The van der Waals surface area contributed by atoms with Gasteiger partial charge in [0.05, 0.1) is 5.69 Å². The second-order valence-corrected chi connectivity index (χ2v) is 5.53. The maximum atomic E-state index is 5.86. The molecule has 0 aliphatic heterocycles. The highest BCUT2D eigenvalue weighted by molar-refractivity contribution is 5.20. The Labute approximate surface area is 92.7 Å². The van der Waals surface area contributed by atoms with Gasteiger partial charge < -0.3 is 5.73 Å². The molecular weight excluding hydrogens is 186 g/mol. The van der Waals surface area contributed by atoms with Crippen molar-refractivity contribution in [2.24, 2.45) is 5.73 Å². The number of hydrogen-bond acceptors (Lipinski definition) is 2. The van der Waals surface area contributed by atoms with Crippen molar-refractivity contribution < 1.29 is 0 Å². The lowest BCUT2D eigenvalue weighted by Crippen LogP contribution is -2.19. The summed E-state index contributed by atoms with van der Waals surface area (Å²) in [6.45, 7) is 12.9. The molecule has 0 aliphatic carbocycles. The highest BCUT2D eigenvalue weighted by Crippen LogP contribution is 2.26. The number of aromatic nitrogens is 2. The zero-order chi connectivity index (χ0) is 11.8. The van der Waals surface area contributed by atoms with Crippen LogP contribution in [-0.4, -0.2) is 9.78 Å².